The van der Waals surface area contributed by atoms with Gasteiger partial charge in [-0.15, -0.1) is 0 Å². The smallest absolute Gasteiger partial charge is 0.342 e. The maximum Gasteiger partial charge on any atom is 0.342 e. The van der Waals surface area contributed by atoms with Gasteiger partial charge in [0.15, 0.2) is 0 Å². The number of rotatable bonds is 0. The molecule has 0 fully saturated rings. The van der Waals surface area contributed by atoms with E-state index in [2.05, 4.69) is 0 Å². The Morgan fingerprint density at radius 1 is 1.20 bits per heavy atom. The number of phenolic OH excluding ortho intramolecular Hbond substituents is 1. The fraction of sp³-hybridized carbons (Fsp3) is 0.182. The van der Waals surface area contributed by atoms with Crippen LogP contribution in [-0.2, 0) is 0 Å². The van der Waals surface area contributed by atoms with Crippen molar-refractivity contribution in [1.29, 1.82) is 0 Å². The van der Waals surface area contributed by atoms with Crippen LogP contribution in [0, 0.1) is 13.8 Å². The molecule has 1 aromatic heterocycles. The predicted octanol–water partition coefficient (Wildman–Crippen LogP) is 1.82. The van der Waals surface area contributed by atoms with Gasteiger partial charge in [-0.25, -0.2) is 4.79 Å². The Labute approximate surface area is 85.4 Å². The molecule has 0 amide bonds. The summed E-state index contributed by atoms with van der Waals surface area (Å²) in [6, 6.07) is 2.81. The van der Waals surface area contributed by atoms with E-state index >= 15 is 0 Å². The van der Waals surface area contributed by atoms with Crippen molar-refractivity contribution in [2.45, 2.75) is 13.8 Å². The summed E-state index contributed by atoms with van der Waals surface area (Å²) in [6.45, 7) is 3.22. The minimum absolute atomic E-state index is 0.00593. The molecule has 15 heavy (non-hydrogen) atoms. The number of phenols is 1. The summed E-state index contributed by atoms with van der Waals surface area (Å²) >= 11 is 0. The van der Waals surface area contributed by atoms with Gasteiger partial charge in [-0.2, -0.15) is 0 Å². The summed E-state index contributed by atoms with van der Waals surface area (Å²) in [7, 11) is 0. The highest BCUT2D eigenvalue weighted by Crippen LogP contribution is 2.31. The average molecular weight is 206 g/mol. The molecule has 4 nitrogen and oxygen atoms in total. The lowest BCUT2D eigenvalue weighted by Gasteiger charge is -2.05. The fourth-order valence-electron chi connectivity index (χ4n) is 1.58. The number of aromatic hydroxyl groups is 2. The molecule has 78 valence electrons. The molecule has 0 aliphatic heterocycles. The predicted molar refractivity (Wildman–Crippen MR) is 55.3 cm³/mol. The first kappa shape index (κ1) is 9.58. The molecule has 0 aliphatic carbocycles. The molecule has 0 aliphatic rings. The summed E-state index contributed by atoms with van der Waals surface area (Å²) in [6.07, 6.45) is 0. The molecule has 1 aromatic carbocycles. The van der Waals surface area contributed by atoms with Gasteiger partial charge < -0.3 is 14.6 Å². The van der Waals surface area contributed by atoms with Crippen molar-refractivity contribution in [1.82, 2.24) is 0 Å². The minimum atomic E-state index is -0.593. The molecule has 0 bridgehead atoms. The quantitative estimate of drug-likeness (QED) is 0.645. The van der Waals surface area contributed by atoms with Gasteiger partial charge in [0.25, 0.3) is 0 Å². The van der Waals surface area contributed by atoms with Gasteiger partial charge in [0.05, 0.1) is 10.9 Å². The zero-order valence-corrected chi connectivity index (χ0v) is 8.37. The molecule has 0 saturated carbocycles. The maximum absolute atomic E-state index is 11.3. The molecule has 2 N–H and O–H groups in total. The van der Waals surface area contributed by atoms with Crippen molar-refractivity contribution in [3.63, 3.8) is 0 Å². The van der Waals surface area contributed by atoms with Crippen LogP contribution >= 0.6 is 0 Å². The SMILES string of the molecule is Cc1c(O)c2c(C)cc(O)cc2oc1=O. The van der Waals surface area contributed by atoms with Gasteiger partial charge in [-0.1, -0.05) is 0 Å². The Bertz CT molecular complexity index is 596. The third-order valence-electron chi connectivity index (χ3n) is 2.38. The second kappa shape index (κ2) is 3.02. The largest absolute Gasteiger partial charge is 0.508 e. The summed E-state index contributed by atoms with van der Waals surface area (Å²) in [5.74, 6) is -0.0786. The minimum Gasteiger partial charge on any atom is -0.508 e. The van der Waals surface area contributed by atoms with Crippen molar-refractivity contribution in [3.8, 4) is 11.5 Å². The van der Waals surface area contributed by atoms with E-state index in [0.717, 1.165) is 0 Å². The lowest BCUT2D eigenvalue weighted by Crippen LogP contribution is -2.03. The van der Waals surface area contributed by atoms with E-state index in [0.29, 0.717) is 10.9 Å². The molecule has 0 atom stereocenters. The van der Waals surface area contributed by atoms with Crippen molar-refractivity contribution in [3.05, 3.63) is 33.7 Å². The van der Waals surface area contributed by atoms with E-state index in [-0.39, 0.29) is 22.6 Å². The standard InChI is InChI=1S/C11H10O4/c1-5-3-7(12)4-8-9(5)10(13)6(2)11(14)15-8/h3-4,12-13H,1-2H3. The lowest BCUT2D eigenvalue weighted by atomic mass is 10.1. The van der Waals surface area contributed by atoms with Gasteiger partial charge in [0.2, 0.25) is 0 Å². The van der Waals surface area contributed by atoms with Crippen molar-refractivity contribution < 1.29 is 14.6 Å². The van der Waals surface area contributed by atoms with Crippen LogP contribution < -0.4 is 5.63 Å². The zero-order chi connectivity index (χ0) is 11.2. The van der Waals surface area contributed by atoms with Gasteiger partial charge in [-0.05, 0) is 25.5 Å². The normalized spacial score (nSPS) is 10.8. The van der Waals surface area contributed by atoms with Gasteiger partial charge in [0.1, 0.15) is 17.1 Å². The number of fused-ring (bicyclic) bond motifs is 1. The first-order valence-electron chi connectivity index (χ1n) is 4.46. The van der Waals surface area contributed by atoms with Gasteiger partial charge in [-0.3, -0.25) is 0 Å². The van der Waals surface area contributed by atoms with E-state index in [9.17, 15) is 15.0 Å². The fourth-order valence-corrected chi connectivity index (χ4v) is 1.58. The summed E-state index contributed by atoms with van der Waals surface area (Å²) in [4.78, 5) is 11.3. The van der Waals surface area contributed by atoms with E-state index in [1.165, 1.54) is 19.1 Å². The molecule has 0 radical (unpaired) electrons. The van der Waals surface area contributed by atoms with E-state index in [4.69, 9.17) is 4.42 Å². The molecule has 2 rings (SSSR count). The molecular formula is C11H10O4. The van der Waals surface area contributed by atoms with Crippen LogP contribution in [0.2, 0.25) is 0 Å². The van der Waals surface area contributed by atoms with Crippen LogP contribution in [0.3, 0.4) is 0 Å². The van der Waals surface area contributed by atoms with Gasteiger partial charge in [0, 0.05) is 6.07 Å². The van der Waals surface area contributed by atoms with Gasteiger partial charge >= 0.3 is 5.63 Å². The lowest BCUT2D eigenvalue weighted by molar-refractivity contribution is 0.457. The van der Waals surface area contributed by atoms with E-state index < -0.39 is 5.63 Å². The Morgan fingerprint density at radius 3 is 2.53 bits per heavy atom. The van der Waals surface area contributed by atoms with Crippen LogP contribution in [0.25, 0.3) is 11.0 Å². The molecule has 0 saturated heterocycles. The third kappa shape index (κ3) is 1.34. The Kier molecular flexibility index (Phi) is 1.93. The summed E-state index contributed by atoms with van der Waals surface area (Å²) < 4.78 is 4.96. The highest BCUT2D eigenvalue weighted by molar-refractivity contribution is 5.88. The van der Waals surface area contributed by atoms with Crippen molar-refractivity contribution >= 4 is 11.0 Å². The monoisotopic (exact) mass is 206 g/mol. The molecule has 0 unspecified atom stereocenters. The first-order chi connectivity index (χ1) is 7.00. The van der Waals surface area contributed by atoms with Crippen LogP contribution in [0.15, 0.2) is 21.3 Å². The molecule has 1 heterocycles. The Balaban J connectivity index is 3.05. The van der Waals surface area contributed by atoms with E-state index in [1.54, 1.807) is 6.92 Å². The van der Waals surface area contributed by atoms with Crippen molar-refractivity contribution in [2.75, 3.05) is 0 Å². The maximum atomic E-state index is 11.3. The number of hydrogen-bond acceptors (Lipinski definition) is 4. The number of aryl methyl sites for hydroxylation is 1. The molecule has 2 aromatic rings. The number of benzene rings is 1. The van der Waals surface area contributed by atoms with Crippen LogP contribution in [0.4, 0.5) is 0 Å². The molecule has 4 heteroatoms. The van der Waals surface area contributed by atoms with Crippen LogP contribution in [0.5, 0.6) is 11.5 Å². The number of hydrogen-bond donors (Lipinski definition) is 2. The Morgan fingerprint density at radius 2 is 1.87 bits per heavy atom. The average Bonchev–Trinajstić information content (AvgIpc) is 2.13. The second-order valence-electron chi connectivity index (χ2n) is 3.50. The first-order valence-corrected chi connectivity index (χ1v) is 4.46. The van der Waals surface area contributed by atoms with E-state index in [1.807, 2.05) is 0 Å². The topological polar surface area (TPSA) is 70.7 Å². The Hall–Kier alpha value is -1.97. The van der Waals surface area contributed by atoms with Crippen LogP contribution in [-0.4, -0.2) is 10.2 Å². The third-order valence-corrected chi connectivity index (χ3v) is 2.38. The second-order valence-corrected chi connectivity index (χ2v) is 3.50. The highest BCUT2D eigenvalue weighted by atomic mass is 16.4. The van der Waals surface area contributed by atoms with Crippen LogP contribution in [0.1, 0.15) is 11.1 Å². The molecular weight excluding hydrogens is 196 g/mol. The van der Waals surface area contributed by atoms with Crippen molar-refractivity contribution in [2.24, 2.45) is 0 Å². The summed E-state index contributed by atoms with van der Waals surface area (Å²) in [5, 5.41) is 19.6. The highest BCUT2D eigenvalue weighted by Gasteiger charge is 2.12. The molecule has 0 spiro atoms. The summed E-state index contributed by atoms with van der Waals surface area (Å²) in [5.41, 5.74) is 0.441. The zero-order valence-electron chi connectivity index (χ0n) is 8.37.